The minimum atomic E-state index is 0.955. The zero-order valence-electron chi connectivity index (χ0n) is 13.7. The molecule has 0 aromatic rings. The van der Waals surface area contributed by atoms with Crippen LogP contribution in [0.25, 0.3) is 0 Å². The van der Waals surface area contributed by atoms with Gasteiger partial charge in [0.15, 0.2) is 0 Å². The van der Waals surface area contributed by atoms with Gasteiger partial charge >= 0.3 is 0 Å². The molecule has 2 bridgehead atoms. The smallest absolute Gasteiger partial charge is 0.0983 e. The first kappa shape index (κ1) is 14.3. The van der Waals surface area contributed by atoms with E-state index in [0.717, 1.165) is 23.8 Å². The van der Waals surface area contributed by atoms with Gasteiger partial charge in [-0.15, -0.1) is 0 Å². The molecule has 2 saturated heterocycles. The maximum atomic E-state index is 2.53. The van der Waals surface area contributed by atoms with Crippen molar-refractivity contribution in [2.75, 3.05) is 32.7 Å². The van der Waals surface area contributed by atoms with Crippen LogP contribution in [0.4, 0.5) is 0 Å². The number of quaternary nitrogens is 2. The van der Waals surface area contributed by atoms with Crippen molar-refractivity contribution in [3.05, 3.63) is 12.2 Å². The topological polar surface area (TPSA) is 8.88 Å². The van der Waals surface area contributed by atoms with Crippen LogP contribution in [0.15, 0.2) is 12.2 Å². The van der Waals surface area contributed by atoms with Crippen LogP contribution in [0.2, 0.25) is 0 Å². The Morgan fingerprint density at radius 1 is 0.810 bits per heavy atom. The summed E-state index contributed by atoms with van der Waals surface area (Å²) in [5.41, 5.74) is 0. The Morgan fingerprint density at radius 2 is 1.57 bits per heavy atom. The molecule has 0 aromatic heterocycles. The standard InChI is InChI=1S/C19H32N2/c1-2-4-10-21(9-3-1)19-7-11-20(12-8-19)15-18-14-16-5-6-17(18)13-16/h5-6,16-19H,1-4,7-15H2/p+2/t16-,17+,18+/m1/s1. The van der Waals surface area contributed by atoms with Crippen LogP contribution in [0.1, 0.15) is 51.4 Å². The van der Waals surface area contributed by atoms with E-state index < -0.39 is 0 Å². The van der Waals surface area contributed by atoms with E-state index in [0.29, 0.717) is 0 Å². The summed E-state index contributed by atoms with van der Waals surface area (Å²) in [6.45, 7) is 7.35. The predicted octanol–water partition coefficient (Wildman–Crippen LogP) is 0.705. The molecule has 4 rings (SSSR count). The summed E-state index contributed by atoms with van der Waals surface area (Å²) in [6.07, 6.45) is 17.0. The average molecular weight is 290 g/mol. The number of rotatable bonds is 3. The summed E-state index contributed by atoms with van der Waals surface area (Å²) < 4.78 is 0. The highest BCUT2D eigenvalue weighted by Gasteiger charge is 2.39. The van der Waals surface area contributed by atoms with E-state index in [1.165, 1.54) is 84.1 Å². The first-order valence-corrected chi connectivity index (χ1v) is 9.75. The predicted molar refractivity (Wildman–Crippen MR) is 86.6 cm³/mol. The Hall–Kier alpha value is -0.340. The Bertz CT molecular complexity index is 362. The van der Waals surface area contributed by atoms with E-state index >= 15 is 0 Å². The lowest BCUT2D eigenvalue weighted by molar-refractivity contribution is -0.958. The minimum Gasteiger partial charge on any atom is -0.334 e. The van der Waals surface area contributed by atoms with E-state index in [9.17, 15) is 0 Å². The largest absolute Gasteiger partial charge is 0.334 e. The molecule has 0 radical (unpaired) electrons. The van der Waals surface area contributed by atoms with Gasteiger partial charge in [0.2, 0.25) is 0 Å². The molecule has 2 heterocycles. The highest BCUT2D eigenvalue weighted by molar-refractivity contribution is 5.09. The van der Waals surface area contributed by atoms with E-state index in [4.69, 9.17) is 0 Å². The van der Waals surface area contributed by atoms with Gasteiger partial charge < -0.3 is 9.80 Å². The third-order valence-electron chi connectivity index (χ3n) is 6.98. The third-order valence-corrected chi connectivity index (χ3v) is 6.98. The number of nitrogens with one attached hydrogen (secondary N) is 2. The second-order valence-corrected chi connectivity index (χ2v) is 8.34. The fraction of sp³-hybridized carbons (Fsp3) is 0.895. The zero-order chi connectivity index (χ0) is 14.1. The third kappa shape index (κ3) is 3.22. The van der Waals surface area contributed by atoms with E-state index in [-0.39, 0.29) is 0 Å². The number of piperidine rings is 1. The van der Waals surface area contributed by atoms with Crippen molar-refractivity contribution < 1.29 is 9.80 Å². The molecule has 0 unspecified atom stereocenters. The van der Waals surface area contributed by atoms with Crippen molar-refractivity contribution in [3.63, 3.8) is 0 Å². The van der Waals surface area contributed by atoms with Crippen molar-refractivity contribution in [2.45, 2.75) is 57.4 Å². The lowest BCUT2D eigenvalue weighted by Gasteiger charge is -2.35. The van der Waals surface area contributed by atoms with Gasteiger partial charge in [0, 0.05) is 18.8 Å². The van der Waals surface area contributed by atoms with Crippen molar-refractivity contribution in [1.82, 2.24) is 0 Å². The molecule has 2 heteroatoms. The molecular formula is C19H34N2+2. The van der Waals surface area contributed by atoms with Gasteiger partial charge in [-0.25, -0.2) is 0 Å². The molecule has 2 aliphatic heterocycles. The Morgan fingerprint density at radius 3 is 2.19 bits per heavy atom. The van der Waals surface area contributed by atoms with Crippen LogP contribution >= 0.6 is 0 Å². The molecule has 2 nitrogen and oxygen atoms in total. The van der Waals surface area contributed by atoms with Crippen LogP contribution in [-0.4, -0.2) is 38.8 Å². The summed E-state index contributed by atoms with van der Waals surface area (Å²) in [5.74, 6) is 2.94. The first-order chi connectivity index (χ1) is 10.4. The molecule has 2 N–H and O–H groups in total. The quantitative estimate of drug-likeness (QED) is 0.708. The maximum Gasteiger partial charge on any atom is 0.0983 e. The fourth-order valence-electron chi connectivity index (χ4n) is 5.73. The van der Waals surface area contributed by atoms with Crippen LogP contribution in [-0.2, 0) is 0 Å². The zero-order valence-corrected chi connectivity index (χ0v) is 13.7. The summed E-state index contributed by atoms with van der Waals surface area (Å²) in [6, 6.07) is 1.01. The first-order valence-electron chi connectivity index (χ1n) is 9.75. The second-order valence-electron chi connectivity index (χ2n) is 8.34. The molecule has 0 spiro atoms. The van der Waals surface area contributed by atoms with Gasteiger partial charge in [0.1, 0.15) is 0 Å². The molecule has 2 aliphatic carbocycles. The molecule has 0 aromatic carbocycles. The maximum absolute atomic E-state index is 2.53. The lowest BCUT2D eigenvalue weighted by atomic mass is 9.92. The van der Waals surface area contributed by atoms with Crippen LogP contribution in [0.3, 0.4) is 0 Å². The van der Waals surface area contributed by atoms with Crippen molar-refractivity contribution >= 4 is 0 Å². The average Bonchev–Trinajstić information content (AvgIpc) is 3.02. The molecule has 3 fully saturated rings. The number of allylic oxidation sites excluding steroid dienone is 2. The van der Waals surface area contributed by atoms with Crippen LogP contribution < -0.4 is 9.80 Å². The van der Waals surface area contributed by atoms with E-state index in [1.807, 2.05) is 9.80 Å². The summed E-state index contributed by atoms with van der Waals surface area (Å²) in [4.78, 5) is 3.90. The summed E-state index contributed by atoms with van der Waals surface area (Å²) in [5, 5.41) is 0. The fourth-order valence-corrected chi connectivity index (χ4v) is 5.73. The minimum absolute atomic E-state index is 0.955. The van der Waals surface area contributed by atoms with E-state index in [1.54, 1.807) is 0 Å². The number of hydrogen-bond donors (Lipinski definition) is 2. The number of likely N-dealkylation sites (tertiary alicyclic amines) is 2. The number of fused-ring (bicyclic) bond motifs is 2. The van der Waals surface area contributed by atoms with Gasteiger partial charge in [-0.2, -0.15) is 0 Å². The molecule has 3 atom stereocenters. The molecule has 1 saturated carbocycles. The lowest BCUT2D eigenvalue weighted by Crippen LogP contribution is -3.20. The molecule has 4 aliphatic rings. The van der Waals surface area contributed by atoms with E-state index in [2.05, 4.69) is 12.2 Å². The van der Waals surface area contributed by atoms with Crippen molar-refractivity contribution in [3.8, 4) is 0 Å². The molecular weight excluding hydrogens is 256 g/mol. The normalized spacial score (nSPS) is 44.1. The van der Waals surface area contributed by atoms with Gasteiger partial charge in [0.05, 0.1) is 38.8 Å². The monoisotopic (exact) mass is 290 g/mol. The molecule has 0 amide bonds. The van der Waals surface area contributed by atoms with Crippen LogP contribution in [0.5, 0.6) is 0 Å². The van der Waals surface area contributed by atoms with Crippen LogP contribution in [0, 0.1) is 17.8 Å². The van der Waals surface area contributed by atoms with Gasteiger partial charge in [0.25, 0.3) is 0 Å². The van der Waals surface area contributed by atoms with Crippen molar-refractivity contribution in [2.24, 2.45) is 17.8 Å². The van der Waals surface area contributed by atoms with Gasteiger partial charge in [-0.1, -0.05) is 12.2 Å². The summed E-state index contributed by atoms with van der Waals surface area (Å²) in [7, 11) is 0. The Labute approximate surface area is 130 Å². The highest BCUT2D eigenvalue weighted by Crippen LogP contribution is 2.42. The second kappa shape index (κ2) is 6.42. The number of hydrogen-bond acceptors (Lipinski definition) is 0. The highest BCUT2D eigenvalue weighted by atomic mass is 15.2. The van der Waals surface area contributed by atoms with Gasteiger partial charge in [-0.05, 0) is 50.4 Å². The SMILES string of the molecule is C1=C[C@H]2C[C@@H]1C[C@H]2C[NH+]1CCC([NH+]2CCCCCC2)CC1. The summed E-state index contributed by atoms with van der Waals surface area (Å²) >= 11 is 0. The molecule has 21 heavy (non-hydrogen) atoms. The van der Waals surface area contributed by atoms with Gasteiger partial charge in [-0.3, -0.25) is 0 Å². The Kier molecular flexibility index (Phi) is 4.36. The Balaban J connectivity index is 1.24. The molecule has 118 valence electrons. The van der Waals surface area contributed by atoms with Crippen molar-refractivity contribution in [1.29, 1.82) is 0 Å².